The van der Waals surface area contributed by atoms with Crippen LogP contribution in [-0.2, 0) is 4.57 Å². The Balaban J connectivity index is 3.42. The molecule has 0 bridgehead atoms. The molecule has 0 aromatic rings. The molecule has 0 aromatic heterocycles. The van der Waals surface area contributed by atoms with Crippen molar-refractivity contribution in [3.05, 3.63) is 0 Å². The first-order valence-corrected chi connectivity index (χ1v) is 8.85. The summed E-state index contributed by atoms with van der Waals surface area (Å²) < 4.78 is 10.3. The fourth-order valence-corrected chi connectivity index (χ4v) is 2.82. The summed E-state index contributed by atoms with van der Waals surface area (Å²) in [5.74, 6) is 0.800. The van der Waals surface area contributed by atoms with Crippen molar-refractivity contribution >= 4 is 8.46 Å². The number of unbranched alkanes of at least 4 members (excludes halogenated alkanes) is 6. The summed E-state index contributed by atoms with van der Waals surface area (Å²) in [7, 11) is 0.321. The van der Waals surface area contributed by atoms with Gasteiger partial charge in [-0.25, -0.2) is 0 Å². The van der Waals surface area contributed by atoms with Gasteiger partial charge in [-0.1, -0.05) is 72.6 Å². The molecule has 0 saturated carbocycles. The Labute approximate surface area is 116 Å². The van der Waals surface area contributed by atoms with E-state index < -0.39 is 0 Å². The molecule has 0 fully saturated rings. The van der Waals surface area contributed by atoms with E-state index in [9.17, 15) is 4.57 Å². The molecule has 18 heavy (non-hydrogen) atoms. The molecule has 1 nitrogen and oxygen atoms in total. The van der Waals surface area contributed by atoms with Crippen molar-refractivity contribution in [2.45, 2.75) is 85.5 Å². The van der Waals surface area contributed by atoms with E-state index in [0.29, 0.717) is 13.9 Å². The number of rotatable bonds is 12. The highest BCUT2D eigenvalue weighted by molar-refractivity contribution is 7.23. The topological polar surface area (TPSA) is 17.1 Å². The van der Waals surface area contributed by atoms with E-state index in [0.717, 1.165) is 18.5 Å². The fraction of sp³-hybridized carbons (Fsp3) is 1.00. The van der Waals surface area contributed by atoms with Crippen molar-refractivity contribution < 1.29 is 4.57 Å². The van der Waals surface area contributed by atoms with Crippen LogP contribution in [0.3, 0.4) is 0 Å². The molecule has 0 radical (unpaired) electrons. The monoisotopic (exact) mass is 272 g/mol. The average molecular weight is 272 g/mol. The highest BCUT2D eigenvalue weighted by atomic mass is 31.1. The van der Waals surface area contributed by atoms with Crippen molar-refractivity contribution in [1.82, 2.24) is 0 Å². The first kappa shape index (κ1) is 18.1. The van der Waals surface area contributed by atoms with E-state index in [1.165, 1.54) is 51.4 Å². The Bertz CT molecular complexity index is 203. The largest absolute Gasteiger partial charge is 0.275 e. The van der Waals surface area contributed by atoms with Crippen LogP contribution in [0.1, 0.15) is 85.5 Å². The van der Waals surface area contributed by atoms with Gasteiger partial charge in [0.25, 0.3) is 0 Å². The first-order valence-electron chi connectivity index (χ1n) is 7.86. The fourth-order valence-electron chi connectivity index (χ4n) is 2.46. The van der Waals surface area contributed by atoms with E-state index in [1.54, 1.807) is 0 Å². The van der Waals surface area contributed by atoms with Crippen LogP contribution >= 0.6 is 8.46 Å². The summed E-state index contributed by atoms with van der Waals surface area (Å²) in [6.07, 6.45) is 12.8. The molecule has 0 heterocycles. The van der Waals surface area contributed by atoms with Gasteiger partial charge in [-0.05, 0) is 24.2 Å². The third-order valence-corrected chi connectivity index (χ3v) is 5.20. The van der Waals surface area contributed by atoms with Crippen LogP contribution in [0.25, 0.3) is 0 Å². The van der Waals surface area contributed by atoms with Crippen LogP contribution in [0.5, 0.6) is 0 Å². The summed E-state index contributed by atoms with van der Waals surface area (Å²) in [5, 5.41) is 0. The van der Waals surface area contributed by atoms with Gasteiger partial charge >= 0.3 is 0 Å². The summed E-state index contributed by atoms with van der Waals surface area (Å²) in [6.45, 7) is 9.49. The molecule has 1 unspecified atom stereocenters. The Morgan fingerprint density at radius 2 is 1.44 bits per heavy atom. The lowest BCUT2D eigenvalue weighted by molar-refractivity contribution is 0.183. The summed E-state index contributed by atoms with van der Waals surface area (Å²) in [4.78, 5) is 0. The van der Waals surface area contributed by atoms with Gasteiger partial charge in [0.1, 0.15) is 0 Å². The maximum Gasteiger partial charge on any atom is 0.155 e. The molecule has 0 N–H and O–H groups in total. The van der Waals surface area contributed by atoms with Crippen molar-refractivity contribution in [3.8, 4) is 0 Å². The first-order chi connectivity index (χ1) is 8.56. The van der Waals surface area contributed by atoms with Gasteiger partial charge in [0.2, 0.25) is 0 Å². The lowest BCUT2D eigenvalue weighted by atomic mass is 9.73. The maximum atomic E-state index is 10.3. The molecule has 0 aromatic carbocycles. The maximum absolute atomic E-state index is 10.3. The summed E-state index contributed by atoms with van der Waals surface area (Å²) in [5.41, 5.74) is 0.549. The Morgan fingerprint density at radius 3 is 1.89 bits per heavy atom. The third-order valence-electron chi connectivity index (χ3n) is 4.70. The lowest BCUT2D eigenvalue weighted by Crippen LogP contribution is -2.22. The van der Waals surface area contributed by atoms with Crippen LogP contribution in [0.2, 0.25) is 0 Å². The quantitative estimate of drug-likeness (QED) is 0.294. The average Bonchev–Trinajstić information content (AvgIpc) is 2.36. The Hall–Kier alpha value is 0.100. The smallest absolute Gasteiger partial charge is 0.155 e. The Morgan fingerprint density at radius 1 is 0.944 bits per heavy atom. The van der Waals surface area contributed by atoms with Crippen molar-refractivity contribution in [1.29, 1.82) is 0 Å². The van der Waals surface area contributed by atoms with Gasteiger partial charge in [-0.3, -0.25) is 4.57 Å². The van der Waals surface area contributed by atoms with Gasteiger partial charge < -0.3 is 0 Å². The SMILES string of the molecule is CCC(C)(CCCCCCCCCP=O)C(C)C. The van der Waals surface area contributed by atoms with Crippen LogP contribution in [0, 0.1) is 11.3 Å². The molecule has 1 atom stereocenters. The molecule has 0 aliphatic carbocycles. The molecule has 108 valence electrons. The second-order valence-corrected chi connectivity index (χ2v) is 6.95. The molecule has 2 heteroatoms. The van der Waals surface area contributed by atoms with Crippen molar-refractivity contribution in [2.24, 2.45) is 11.3 Å². The minimum atomic E-state index is 0.321. The van der Waals surface area contributed by atoms with E-state index in [2.05, 4.69) is 27.7 Å². The van der Waals surface area contributed by atoms with Crippen LogP contribution in [0.4, 0.5) is 0 Å². The minimum Gasteiger partial charge on any atom is -0.275 e. The second-order valence-electron chi connectivity index (χ2n) is 6.24. The summed E-state index contributed by atoms with van der Waals surface area (Å²) >= 11 is 0. The second kappa shape index (κ2) is 11.0. The normalized spacial score (nSPS) is 15.2. The van der Waals surface area contributed by atoms with Crippen molar-refractivity contribution in [3.63, 3.8) is 0 Å². The molecule has 0 saturated heterocycles. The van der Waals surface area contributed by atoms with Gasteiger partial charge in [-0.15, -0.1) is 0 Å². The van der Waals surface area contributed by atoms with Gasteiger partial charge in [0.15, 0.2) is 8.46 Å². The van der Waals surface area contributed by atoms with Crippen LogP contribution in [-0.4, -0.2) is 6.16 Å². The standard InChI is InChI=1S/C16H33OP/c1-5-16(4,15(2)3)13-11-9-7-6-8-10-12-14-18-17/h15H,5-14H2,1-4H3. The predicted molar refractivity (Wildman–Crippen MR) is 82.6 cm³/mol. The van der Waals surface area contributed by atoms with Gasteiger partial charge in [0, 0.05) is 6.16 Å². The zero-order valence-corrected chi connectivity index (χ0v) is 13.9. The number of hydrogen-bond donors (Lipinski definition) is 0. The third kappa shape index (κ3) is 8.25. The van der Waals surface area contributed by atoms with Crippen LogP contribution in [0.15, 0.2) is 0 Å². The lowest BCUT2D eigenvalue weighted by Gasteiger charge is -2.32. The minimum absolute atomic E-state index is 0.321. The van der Waals surface area contributed by atoms with E-state index >= 15 is 0 Å². The highest BCUT2D eigenvalue weighted by Gasteiger charge is 2.25. The van der Waals surface area contributed by atoms with Gasteiger partial charge in [0.05, 0.1) is 0 Å². The molecule has 0 amide bonds. The van der Waals surface area contributed by atoms with E-state index in [4.69, 9.17) is 0 Å². The van der Waals surface area contributed by atoms with E-state index in [-0.39, 0.29) is 0 Å². The molecule has 0 aliphatic heterocycles. The molecular weight excluding hydrogens is 239 g/mol. The zero-order chi connectivity index (χ0) is 13.9. The summed E-state index contributed by atoms with van der Waals surface area (Å²) in [6, 6.07) is 0. The molecule has 0 aliphatic rings. The molecular formula is C16H33OP. The van der Waals surface area contributed by atoms with E-state index in [1.807, 2.05) is 0 Å². The Kier molecular flexibility index (Phi) is 11.0. The zero-order valence-electron chi connectivity index (χ0n) is 13.0. The molecule has 0 spiro atoms. The molecule has 0 rings (SSSR count). The number of hydrogen-bond acceptors (Lipinski definition) is 1. The predicted octanol–water partition coefficient (Wildman–Crippen LogP) is 6.47. The van der Waals surface area contributed by atoms with Crippen molar-refractivity contribution in [2.75, 3.05) is 6.16 Å². The van der Waals surface area contributed by atoms with Gasteiger partial charge in [-0.2, -0.15) is 0 Å². The van der Waals surface area contributed by atoms with Crippen LogP contribution < -0.4 is 0 Å². The highest BCUT2D eigenvalue weighted by Crippen LogP contribution is 2.36.